The lowest BCUT2D eigenvalue weighted by Gasteiger charge is -2.32. The molecule has 2 heterocycles. The van der Waals surface area contributed by atoms with Crippen molar-refractivity contribution < 1.29 is 13.5 Å². The maximum atomic E-state index is 13.2. The molecule has 3 nitrogen and oxygen atoms in total. The summed E-state index contributed by atoms with van der Waals surface area (Å²) in [6.45, 7) is 2.48. The van der Waals surface area contributed by atoms with E-state index in [1.165, 1.54) is 12.1 Å². The molecule has 3 rings (SSSR count). The molecule has 110 valence electrons. The molecule has 0 saturated carbocycles. The van der Waals surface area contributed by atoms with Gasteiger partial charge in [0.2, 0.25) is 0 Å². The SMILES string of the molecule is Fc1cc(F)cc(CN2CCO[C@@H](c3ccccn3)C2)c1. The summed E-state index contributed by atoms with van der Waals surface area (Å²) < 4.78 is 32.2. The van der Waals surface area contributed by atoms with E-state index in [0.717, 1.165) is 18.3 Å². The number of rotatable bonds is 3. The zero-order valence-electron chi connectivity index (χ0n) is 11.5. The van der Waals surface area contributed by atoms with Crippen molar-refractivity contribution in [2.45, 2.75) is 12.6 Å². The van der Waals surface area contributed by atoms with Gasteiger partial charge in [-0.1, -0.05) is 6.07 Å². The Morgan fingerprint density at radius 3 is 2.71 bits per heavy atom. The third-order valence-electron chi connectivity index (χ3n) is 3.50. The van der Waals surface area contributed by atoms with E-state index in [-0.39, 0.29) is 6.10 Å². The van der Waals surface area contributed by atoms with Crippen LogP contribution in [0.1, 0.15) is 17.4 Å². The summed E-state index contributed by atoms with van der Waals surface area (Å²) in [5, 5.41) is 0. The van der Waals surface area contributed by atoms with Crippen molar-refractivity contribution in [2.75, 3.05) is 19.7 Å². The summed E-state index contributed by atoms with van der Waals surface area (Å²) in [5.41, 5.74) is 1.52. The van der Waals surface area contributed by atoms with Crippen LogP contribution in [0, 0.1) is 11.6 Å². The number of aromatic nitrogens is 1. The van der Waals surface area contributed by atoms with E-state index in [4.69, 9.17) is 4.74 Å². The predicted molar refractivity (Wildman–Crippen MR) is 74.6 cm³/mol. The number of morpholine rings is 1. The fourth-order valence-electron chi connectivity index (χ4n) is 2.55. The van der Waals surface area contributed by atoms with Crippen LogP contribution in [0.25, 0.3) is 0 Å². The van der Waals surface area contributed by atoms with Crippen molar-refractivity contribution in [1.29, 1.82) is 0 Å². The van der Waals surface area contributed by atoms with Crippen molar-refractivity contribution in [3.8, 4) is 0 Å². The first-order valence-electron chi connectivity index (χ1n) is 6.90. The Hall–Kier alpha value is -1.85. The third kappa shape index (κ3) is 3.62. The Labute approximate surface area is 122 Å². The number of nitrogens with zero attached hydrogens (tertiary/aromatic N) is 2. The van der Waals surface area contributed by atoms with Crippen molar-refractivity contribution in [1.82, 2.24) is 9.88 Å². The molecule has 5 heteroatoms. The van der Waals surface area contributed by atoms with Gasteiger partial charge in [0.25, 0.3) is 0 Å². The largest absolute Gasteiger partial charge is 0.369 e. The standard InChI is InChI=1S/C16H16F2N2O/c17-13-7-12(8-14(18)9-13)10-20-5-6-21-16(11-20)15-3-1-2-4-19-15/h1-4,7-9,16H,5-6,10-11H2/t16-/m1/s1. The average Bonchev–Trinajstić information content (AvgIpc) is 2.47. The van der Waals surface area contributed by atoms with Gasteiger partial charge in [0.1, 0.15) is 17.7 Å². The molecule has 0 radical (unpaired) electrons. The van der Waals surface area contributed by atoms with E-state index in [0.29, 0.717) is 25.3 Å². The van der Waals surface area contributed by atoms with Gasteiger partial charge in [-0.3, -0.25) is 9.88 Å². The maximum absolute atomic E-state index is 13.2. The van der Waals surface area contributed by atoms with Gasteiger partial charge in [0, 0.05) is 31.9 Å². The number of hydrogen-bond acceptors (Lipinski definition) is 3. The van der Waals surface area contributed by atoms with Gasteiger partial charge in [-0.25, -0.2) is 8.78 Å². The molecule has 1 aliphatic rings. The lowest BCUT2D eigenvalue weighted by atomic mass is 10.1. The molecule has 1 fully saturated rings. The first-order valence-corrected chi connectivity index (χ1v) is 6.90. The third-order valence-corrected chi connectivity index (χ3v) is 3.50. The summed E-state index contributed by atoms with van der Waals surface area (Å²) in [5.74, 6) is -1.08. The number of halogens is 2. The van der Waals surface area contributed by atoms with E-state index in [9.17, 15) is 8.78 Å². The summed E-state index contributed by atoms with van der Waals surface area (Å²) in [6, 6.07) is 9.34. The highest BCUT2D eigenvalue weighted by molar-refractivity contribution is 5.18. The fourth-order valence-corrected chi connectivity index (χ4v) is 2.55. The Morgan fingerprint density at radius 2 is 2.00 bits per heavy atom. The fraction of sp³-hybridized carbons (Fsp3) is 0.312. The molecule has 21 heavy (non-hydrogen) atoms. The first-order chi connectivity index (χ1) is 10.2. The van der Waals surface area contributed by atoms with Crippen molar-refractivity contribution in [2.24, 2.45) is 0 Å². The average molecular weight is 290 g/mol. The second kappa shape index (κ2) is 6.28. The summed E-state index contributed by atoms with van der Waals surface area (Å²) in [4.78, 5) is 6.42. The predicted octanol–water partition coefficient (Wildman–Crippen LogP) is 2.93. The molecule has 2 aromatic rings. The molecule has 0 unspecified atom stereocenters. The van der Waals surface area contributed by atoms with Gasteiger partial charge in [0.15, 0.2) is 0 Å². The molecule has 0 aliphatic carbocycles. The number of ether oxygens (including phenoxy) is 1. The molecule has 1 aromatic carbocycles. The molecule has 1 saturated heterocycles. The topological polar surface area (TPSA) is 25.4 Å². The van der Waals surface area contributed by atoms with Crippen LogP contribution in [0.3, 0.4) is 0 Å². The molecule has 1 atom stereocenters. The van der Waals surface area contributed by atoms with Gasteiger partial charge in [-0.2, -0.15) is 0 Å². The minimum absolute atomic E-state index is 0.0987. The number of pyridine rings is 1. The highest BCUT2D eigenvalue weighted by atomic mass is 19.1. The highest BCUT2D eigenvalue weighted by Gasteiger charge is 2.23. The zero-order valence-corrected chi connectivity index (χ0v) is 11.5. The van der Waals surface area contributed by atoms with E-state index in [1.54, 1.807) is 6.20 Å². The Balaban J connectivity index is 1.69. The quantitative estimate of drug-likeness (QED) is 0.869. The van der Waals surface area contributed by atoms with Crippen molar-refractivity contribution in [3.63, 3.8) is 0 Å². The highest BCUT2D eigenvalue weighted by Crippen LogP contribution is 2.21. The lowest BCUT2D eigenvalue weighted by Crippen LogP contribution is -2.38. The summed E-state index contributed by atoms with van der Waals surface area (Å²) >= 11 is 0. The molecule has 0 spiro atoms. The molecule has 0 amide bonds. The second-order valence-corrected chi connectivity index (χ2v) is 5.13. The normalized spacial score (nSPS) is 19.6. The minimum Gasteiger partial charge on any atom is -0.369 e. The van der Waals surface area contributed by atoms with Gasteiger partial charge in [-0.05, 0) is 29.8 Å². The number of benzene rings is 1. The van der Waals surface area contributed by atoms with Crippen LogP contribution in [-0.4, -0.2) is 29.6 Å². The molecular formula is C16H16F2N2O. The molecule has 0 bridgehead atoms. The van der Waals surface area contributed by atoms with Crippen LogP contribution in [-0.2, 0) is 11.3 Å². The lowest BCUT2D eigenvalue weighted by molar-refractivity contribution is -0.0350. The van der Waals surface area contributed by atoms with E-state index >= 15 is 0 Å². The molecule has 1 aliphatic heterocycles. The van der Waals surface area contributed by atoms with Crippen LogP contribution in [0.5, 0.6) is 0 Å². The monoisotopic (exact) mass is 290 g/mol. The van der Waals surface area contributed by atoms with Crippen LogP contribution in [0.4, 0.5) is 8.78 Å². The number of hydrogen-bond donors (Lipinski definition) is 0. The first kappa shape index (κ1) is 14.1. The molecular weight excluding hydrogens is 274 g/mol. The summed E-state index contributed by atoms with van der Waals surface area (Å²) in [7, 11) is 0. The minimum atomic E-state index is -0.542. The molecule has 1 aromatic heterocycles. The van der Waals surface area contributed by atoms with Gasteiger partial charge < -0.3 is 4.74 Å². The Bertz CT molecular complexity index is 586. The Kier molecular flexibility index (Phi) is 4.22. The smallest absolute Gasteiger partial charge is 0.126 e. The maximum Gasteiger partial charge on any atom is 0.126 e. The van der Waals surface area contributed by atoms with Crippen LogP contribution < -0.4 is 0 Å². The van der Waals surface area contributed by atoms with E-state index in [1.807, 2.05) is 18.2 Å². The zero-order chi connectivity index (χ0) is 14.7. The van der Waals surface area contributed by atoms with Crippen molar-refractivity contribution >= 4 is 0 Å². The van der Waals surface area contributed by atoms with E-state index < -0.39 is 11.6 Å². The van der Waals surface area contributed by atoms with Gasteiger partial charge in [0.05, 0.1) is 12.3 Å². The summed E-state index contributed by atoms with van der Waals surface area (Å²) in [6.07, 6.45) is 1.64. The van der Waals surface area contributed by atoms with Crippen molar-refractivity contribution in [3.05, 3.63) is 65.5 Å². The van der Waals surface area contributed by atoms with Gasteiger partial charge in [-0.15, -0.1) is 0 Å². The Morgan fingerprint density at radius 1 is 1.19 bits per heavy atom. The van der Waals surface area contributed by atoms with Gasteiger partial charge >= 0.3 is 0 Å². The second-order valence-electron chi connectivity index (χ2n) is 5.13. The molecule has 0 N–H and O–H groups in total. The van der Waals surface area contributed by atoms with Crippen LogP contribution in [0.15, 0.2) is 42.6 Å². The van der Waals surface area contributed by atoms with E-state index in [2.05, 4.69) is 9.88 Å². The van der Waals surface area contributed by atoms with Crippen LogP contribution >= 0.6 is 0 Å². The van der Waals surface area contributed by atoms with Crippen LogP contribution in [0.2, 0.25) is 0 Å².